The minimum Gasteiger partial charge on any atom is -0.398 e. The summed E-state index contributed by atoms with van der Waals surface area (Å²) in [7, 11) is 0. The molecular formula is C12H13N3S. The minimum atomic E-state index is 0.744. The SMILES string of the molecule is Cc1ccc(SCc2ncccn2)c(N)c1. The molecule has 1 aromatic carbocycles. The Morgan fingerprint density at radius 3 is 2.69 bits per heavy atom. The van der Waals surface area contributed by atoms with Gasteiger partial charge in [-0.05, 0) is 30.7 Å². The molecule has 1 aromatic heterocycles. The summed E-state index contributed by atoms with van der Waals surface area (Å²) in [6.45, 7) is 2.03. The summed E-state index contributed by atoms with van der Waals surface area (Å²) in [5, 5.41) is 0. The lowest BCUT2D eigenvalue weighted by Crippen LogP contribution is -1.92. The van der Waals surface area contributed by atoms with Gasteiger partial charge in [0.05, 0.1) is 5.75 Å². The van der Waals surface area contributed by atoms with Crippen molar-refractivity contribution in [3.8, 4) is 0 Å². The maximum absolute atomic E-state index is 5.92. The number of hydrogen-bond acceptors (Lipinski definition) is 4. The lowest BCUT2D eigenvalue weighted by atomic mass is 10.2. The third-order valence-electron chi connectivity index (χ3n) is 2.14. The maximum Gasteiger partial charge on any atom is 0.138 e. The number of nitrogens with zero attached hydrogens (tertiary/aromatic N) is 2. The molecule has 0 aliphatic rings. The summed E-state index contributed by atoms with van der Waals surface area (Å²) in [5.74, 6) is 1.57. The molecule has 0 fully saturated rings. The zero-order valence-corrected chi connectivity index (χ0v) is 9.87. The topological polar surface area (TPSA) is 51.8 Å². The van der Waals surface area contributed by atoms with E-state index in [1.54, 1.807) is 24.2 Å². The zero-order chi connectivity index (χ0) is 11.4. The van der Waals surface area contributed by atoms with Crippen LogP contribution in [-0.2, 0) is 5.75 Å². The van der Waals surface area contributed by atoms with Crippen LogP contribution in [-0.4, -0.2) is 9.97 Å². The van der Waals surface area contributed by atoms with Crippen molar-refractivity contribution in [2.24, 2.45) is 0 Å². The molecule has 0 radical (unpaired) electrons. The normalized spacial score (nSPS) is 10.3. The predicted molar refractivity (Wildman–Crippen MR) is 67.2 cm³/mol. The quantitative estimate of drug-likeness (QED) is 0.651. The monoisotopic (exact) mass is 231 g/mol. The van der Waals surface area contributed by atoms with Crippen LogP contribution in [0.3, 0.4) is 0 Å². The number of nitrogen functional groups attached to an aromatic ring is 1. The standard InChI is InChI=1S/C12H13N3S/c1-9-3-4-11(10(13)7-9)16-8-12-14-5-2-6-15-12/h2-7H,8,13H2,1H3. The first-order chi connectivity index (χ1) is 7.75. The van der Waals surface area contributed by atoms with Gasteiger partial charge in [0.25, 0.3) is 0 Å². The molecule has 0 spiro atoms. The Hall–Kier alpha value is -1.55. The predicted octanol–water partition coefficient (Wildman–Crippen LogP) is 2.66. The van der Waals surface area contributed by atoms with E-state index in [0.717, 1.165) is 22.2 Å². The van der Waals surface area contributed by atoms with Crippen LogP contribution in [0.1, 0.15) is 11.4 Å². The second-order valence-corrected chi connectivity index (χ2v) is 4.51. The molecule has 1 heterocycles. The Balaban J connectivity index is 2.05. The molecular weight excluding hydrogens is 218 g/mol. The van der Waals surface area contributed by atoms with E-state index in [4.69, 9.17) is 5.73 Å². The fourth-order valence-corrected chi connectivity index (χ4v) is 2.17. The van der Waals surface area contributed by atoms with E-state index >= 15 is 0 Å². The van der Waals surface area contributed by atoms with Gasteiger partial charge in [-0.25, -0.2) is 9.97 Å². The van der Waals surface area contributed by atoms with E-state index in [2.05, 4.69) is 16.0 Å². The molecule has 2 N–H and O–H groups in total. The van der Waals surface area contributed by atoms with Gasteiger partial charge in [-0.2, -0.15) is 0 Å². The molecule has 0 amide bonds. The summed E-state index contributed by atoms with van der Waals surface area (Å²) in [4.78, 5) is 9.42. The molecule has 4 heteroatoms. The minimum absolute atomic E-state index is 0.744. The van der Waals surface area contributed by atoms with Crippen molar-refractivity contribution in [3.63, 3.8) is 0 Å². The van der Waals surface area contributed by atoms with Crippen LogP contribution < -0.4 is 5.73 Å². The number of hydrogen-bond donors (Lipinski definition) is 1. The van der Waals surface area contributed by atoms with Gasteiger partial charge in [-0.1, -0.05) is 6.07 Å². The van der Waals surface area contributed by atoms with Crippen LogP contribution in [0.2, 0.25) is 0 Å². The fraction of sp³-hybridized carbons (Fsp3) is 0.167. The fourth-order valence-electron chi connectivity index (χ4n) is 1.35. The average Bonchev–Trinajstić information content (AvgIpc) is 2.29. The molecule has 0 aliphatic heterocycles. The number of benzene rings is 1. The molecule has 2 aromatic rings. The molecule has 3 nitrogen and oxygen atoms in total. The lowest BCUT2D eigenvalue weighted by molar-refractivity contribution is 1.03. The Bertz CT molecular complexity index is 471. The van der Waals surface area contributed by atoms with Crippen molar-refractivity contribution >= 4 is 17.4 Å². The van der Waals surface area contributed by atoms with Crippen molar-refractivity contribution in [1.29, 1.82) is 0 Å². The zero-order valence-electron chi connectivity index (χ0n) is 9.05. The van der Waals surface area contributed by atoms with Gasteiger partial charge in [0.15, 0.2) is 0 Å². The molecule has 0 saturated heterocycles. The van der Waals surface area contributed by atoms with Crippen molar-refractivity contribution in [3.05, 3.63) is 48.0 Å². The average molecular weight is 231 g/mol. The largest absolute Gasteiger partial charge is 0.398 e. The highest BCUT2D eigenvalue weighted by atomic mass is 32.2. The summed E-state index contributed by atoms with van der Waals surface area (Å²) >= 11 is 1.66. The van der Waals surface area contributed by atoms with E-state index in [0.29, 0.717) is 0 Å². The second kappa shape index (κ2) is 4.99. The van der Waals surface area contributed by atoms with Gasteiger partial charge < -0.3 is 5.73 Å². The lowest BCUT2D eigenvalue weighted by Gasteiger charge is -2.05. The summed E-state index contributed by atoms with van der Waals surface area (Å²) in [6.07, 6.45) is 3.50. The molecule has 2 rings (SSSR count). The summed E-state index contributed by atoms with van der Waals surface area (Å²) < 4.78 is 0. The van der Waals surface area contributed by atoms with Gasteiger partial charge >= 0.3 is 0 Å². The van der Waals surface area contributed by atoms with Gasteiger partial charge in [0, 0.05) is 23.0 Å². The first-order valence-electron chi connectivity index (χ1n) is 5.00. The van der Waals surface area contributed by atoms with Crippen molar-refractivity contribution in [1.82, 2.24) is 9.97 Å². The van der Waals surface area contributed by atoms with Crippen LogP contribution in [0.4, 0.5) is 5.69 Å². The summed E-state index contributed by atoms with van der Waals surface area (Å²) in [5.41, 5.74) is 7.92. The highest BCUT2D eigenvalue weighted by molar-refractivity contribution is 7.98. The van der Waals surface area contributed by atoms with Crippen LogP contribution in [0.15, 0.2) is 41.6 Å². The highest BCUT2D eigenvalue weighted by Gasteiger charge is 2.02. The first-order valence-corrected chi connectivity index (χ1v) is 5.99. The highest BCUT2D eigenvalue weighted by Crippen LogP contribution is 2.27. The molecule has 16 heavy (non-hydrogen) atoms. The molecule has 82 valence electrons. The molecule has 0 unspecified atom stereocenters. The number of aryl methyl sites for hydroxylation is 1. The Morgan fingerprint density at radius 1 is 1.25 bits per heavy atom. The van der Waals surface area contributed by atoms with Crippen molar-refractivity contribution in [2.75, 3.05) is 5.73 Å². The smallest absolute Gasteiger partial charge is 0.138 e. The molecule has 0 aliphatic carbocycles. The van der Waals surface area contributed by atoms with E-state index in [-0.39, 0.29) is 0 Å². The van der Waals surface area contributed by atoms with Crippen molar-refractivity contribution in [2.45, 2.75) is 17.6 Å². The first kappa shape index (κ1) is 11.0. The number of nitrogens with two attached hydrogens (primary N) is 1. The summed E-state index contributed by atoms with van der Waals surface area (Å²) in [6, 6.07) is 7.89. The van der Waals surface area contributed by atoms with E-state index in [1.165, 1.54) is 5.56 Å². The van der Waals surface area contributed by atoms with Crippen LogP contribution in [0.25, 0.3) is 0 Å². The molecule has 0 atom stereocenters. The van der Waals surface area contributed by atoms with Gasteiger partial charge in [-0.15, -0.1) is 11.8 Å². The third kappa shape index (κ3) is 2.73. The Morgan fingerprint density at radius 2 is 2.00 bits per heavy atom. The second-order valence-electron chi connectivity index (χ2n) is 3.49. The van der Waals surface area contributed by atoms with Crippen molar-refractivity contribution < 1.29 is 0 Å². The van der Waals surface area contributed by atoms with Crippen LogP contribution in [0, 0.1) is 6.92 Å². The number of anilines is 1. The molecule has 0 saturated carbocycles. The molecule has 0 bridgehead atoms. The third-order valence-corrected chi connectivity index (χ3v) is 3.23. The Labute approximate surface area is 99.1 Å². The van der Waals surface area contributed by atoms with Gasteiger partial charge in [-0.3, -0.25) is 0 Å². The van der Waals surface area contributed by atoms with Gasteiger partial charge in [0.2, 0.25) is 0 Å². The van der Waals surface area contributed by atoms with E-state index in [9.17, 15) is 0 Å². The maximum atomic E-state index is 5.92. The van der Waals surface area contributed by atoms with Crippen LogP contribution >= 0.6 is 11.8 Å². The number of aromatic nitrogens is 2. The van der Waals surface area contributed by atoms with Crippen LogP contribution in [0.5, 0.6) is 0 Å². The number of thioether (sulfide) groups is 1. The van der Waals surface area contributed by atoms with E-state index in [1.807, 2.05) is 25.1 Å². The van der Waals surface area contributed by atoms with E-state index < -0.39 is 0 Å². The number of rotatable bonds is 3. The van der Waals surface area contributed by atoms with Gasteiger partial charge in [0.1, 0.15) is 5.82 Å². The Kier molecular flexibility index (Phi) is 3.41.